The molecule has 0 aliphatic rings. The van der Waals surface area contributed by atoms with E-state index >= 15 is 0 Å². The quantitative estimate of drug-likeness (QED) is 0.769. The lowest BCUT2D eigenvalue weighted by molar-refractivity contribution is 0.134. The summed E-state index contributed by atoms with van der Waals surface area (Å²) in [6, 6.07) is 9.36. The average Bonchev–Trinajstić information content (AvgIpc) is 2.37. The van der Waals surface area contributed by atoms with Crippen LogP contribution in [-0.2, 0) is 0 Å². The minimum absolute atomic E-state index is 0.185. The van der Waals surface area contributed by atoms with Crippen LogP contribution in [0.15, 0.2) is 24.3 Å². The molecule has 21 heavy (non-hydrogen) atoms. The van der Waals surface area contributed by atoms with Crippen molar-refractivity contribution >= 4 is 0 Å². The lowest BCUT2D eigenvalue weighted by atomic mass is 9.93. The fraction of sp³-hybridized carbons (Fsp3) is 0.684. The van der Waals surface area contributed by atoms with Gasteiger partial charge in [-0.05, 0) is 30.7 Å². The highest BCUT2D eigenvalue weighted by atomic mass is 15.2. The predicted octanol–water partition coefficient (Wildman–Crippen LogP) is 4.39. The molecule has 0 saturated heterocycles. The topological polar surface area (TPSA) is 29.3 Å². The van der Waals surface area contributed by atoms with E-state index in [1.807, 2.05) is 0 Å². The molecule has 1 aromatic rings. The standard InChI is InChI=1S/C19H34N2/c1-7-18(20)19(17-10-8-9-16(6)11-17)21(12-14(2)3)13-15(4)5/h8-11,14-15,18-19H,7,12-13,20H2,1-6H3. The van der Waals surface area contributed by atoms with Gasteiger partial charge in [-0.25, -0.2) is 0 Å². The van der Waals surface area contributed by atoms with Crippen LogP contribution in [0.25, 0.3) is 0 Å². The van der Waals surface area contributed by atoms with E-state index in [1.54, 1.807) is 0 Å². The van der Waals surface area contributed by atoms with E-state index in [4.69, 9.17) is 5.73 Å². The number of benzene rings is 1. The van der Waals surface area contributed by atoms with Gasteiger partial charge < -0.3 is 5.73 Å². The molecular formula is C19H34N2. The molecule has 2 atom stereocenters. The SMILES string of the molecule is CCC(N)C(c1cccc(C)c1)N(CC(C)C)CC(C)C. The van der Waals surface area contributed by atoms with E-state index in [-0.39, 0.29) is 6.04 Å². The third-order valence-electron chi connectivity index (χ3n) is 3.85. The third-order valence-corrected chi connectivity index (χ3v) is 3.85. The van der Waals surface area contributed by atoms with E-state index in [1.165, 1.54) is 11.1 Å². The predicted molar refractivity (Wildman–Crippen MR) is 93.4 cm³/mol. The Morgan fingerprint density at radius 1 is 1.05 bits per heavy atom. The van der Waals surface area contributed by atoms with Crippen LogP contribution in [0.2, 0.25) is 0 Å². The lowest BCUT2D eigenvalue weighted by Gasteiger charge is -2.38. The van der Waals surface area contributed by atoms with Gasteiger partial charge in [-0.1, -0.05) is 64.4 Å². The van der Waals surface area contributed by atoms with Crippen molar-refractivity contribution in [1.82, 2.24) is 4.90 Å². The third kappa shape index (κ3) is 5.80. The van der Waals surface area contributed by atoms with Crippen LogP contribution >= 0.6 is 0 Å². The molecule has 2 nitrogen and oxygen atoms in total. The van der Waals surface area contributed by atoms with Crippen molar-refractivity contribution in [2.45, 2.75) is 60.0 Å². The Bertz CT molecular complexity index is 402. The van der Waals surface area contributed by atoms with E-state index in [0.29, 0.717) is 17.9 Å². The molecule has 1 aromatic carbocycles. The largest absolute Gasteiger partial charge is 0.326 e. The Morgan fingerprint density at radius 2 is 1.62 bits per heavy atom. The average molecular weight is 290 g/mol. The second-order valence-corrected chi connectivity index (χ2v) is 7.17. The molecule has 2 unspecified atom stereocenters. The van der Waals surface area contributed by atoms with E-state index in [2.05, 4.69) is 70.7 Å². The van der Waals surface area contributed by atoms with Gasteiger partial charge in [-0.2, -0.15) is 0 Å². The molecular weight excluding hydrogens is 256 g/mol. The molecule has 1 rings (SSSR count). The van der Waals surface area contributed by atoms with Gasteiger partial charge >= 0.3 is 0 Å². The summed E-state index contributed by atoms with van der Waals surface area (Å²) in [4.78, 5) is 2.60. The zero-order chi connectivity index (χ0) is 16.0. The molecule has 2 N–H and O–H groups in total. The van der Waals surface area contributed by atoms with Crippen LogP contribution in [-0.4, -0.2) is 24.0 Å². The second kappa shape index (κ2) is 8.55. The van der Waals surface area contributed by atoms with Gasteiger partial charge in [0.15, 0.2) is 0 Å². The van der Waals surface area contributed by atoms with Gasteiger partial charge in [-0.3, -0.25) is 4.90 Å². The number of hydrogen-bond acceptors (Lipinski definition) is 2. The van der Waals surface area contributed by atoms with Crippen molar-refractivity contribution in [3.05, 3.63) is 35.4 Å². The van der Waals surface area contributed by atoms with E-state index in [9.17, 15) is 0 Å². The van der Waals surface area contributed by atoms with Crippen molar-refractivity contribution in [3.8, 4) is 0 Å². The fourth-order valence-corrected chi connectivity index (χ4v) is 3.05. The number of hydrogen-bond donors (Lipinski definition) is 1. The first kappa shape index (κ1) is 18.2. The first-order valence-corrected chi connectivity index (χ1v) is 8.41. The van der Waals surface area contributed by atoms with Crippen LogP contribution in [0.1, 0.15) is 58.2 Å². The molecule has 0 spiro atoms. The molecule has 0 amide bonds. The normalized spacial score (nSPS) is 15.0. The van der Waals surface area contributed by atoms with Crippen molar-refractivity contribution in [1.29, 1.82) is 0 Å². The first-order chi connectivity index (χ1) is 9.85. The molecule has 0 radical (unpaired) electrons. The maximum absolute atomic E-state index is 6.51. The van der Waals surface area contributed by atoms with E-state index < -0.39 is 0 Å². The van der Waals surface area contributed by atoms with Crippen molar-refractivity contribution in [2.75, 3.05) is 13.1 Å². The van der Waals surface area contributed by atoms with Gasteiger partial charge in [0.05, 0.1) is 0 Å². The van der Waals surface area contributed by atoms with Crippen molar-refractivity contribution < 1.29 is 0 Å². The van der Waals surface area contributed by atoms with Crippen LogP contribution in [0, 0.1) is 18.8 Å². The number of nitrogens with zero attached hydrogens (tertiary/aromatic N) is 1. The van der Waals surface area contributed by atoms with Gasteiger partial charge in [0, 0.05) is 25.2 Å². The van der Waals surface area contributed by atoms with Crippen molar-refractivity contribution in [2.24, 2.45) is 17.6 Å². The maximum Gasteiger partial charge on any atom is 0.0499 e. The number of aryl methyl sites for hydroxylation is 1. The molecule has 0 fully saturated rings. The van der Waals surface area contributed by atoms with Crippen LogP contribution in [0.4, 0.5) is 0 Å². The highest BCUT2D eigenvalue weighted by molar-refractivity contribution is 5.26. The Balaban J connectivity index is 3.12. The van der Waals surface area contributed by atoms with Gasteiger partial charge in [0.1, 0.15) is 0 Å². The lowest BCUT2D eigenvalue weighted by Crippen LogP contribution is -2.44. The van der Waals surface area contributed by atoms with Gasteiger partial charge in [0.2, 0.25) is 0 Å². The van der Waals surface area contributed by atoms with Crippen LogP contribution < -0.4 is 5.73 Å². The van der Waals surface area contributed by atoms with Gasteiger partial charge in [-0.15, -0.1) is 0 Å². The summed E-state index contributed by atoms with van der Waals surface area (Å²) in [6.07, 6.45) is 1.01. The van der Waals surface area contributed by atoms with Crippen molar-refractivity contribution in [3.63, 3.8) is 0 Å². The first-order valence-electron chi connectivity index (χ1n) is 8.41. The highest BCUT2D eigenvalue weighted by Crippen LogP contribution is 2.27. The van der Waals surface area contributed by atoms with Crippen LogP contribution in [0.5, 0.6) is 0 Å². The molecule has 2 heteroatoms. The summed E-state index contributed by atoms with van der Waals surface area (Å²) in [5, 5.41) is 0. The molecule has 0 aromatic heterocycles. The Labute approximate surface area is 131 Å². The molecule has 0 saturated carbocycles. The summed E-state index contributed by atoms with van der Waals surface area (Å²) >= 11 is 0. The molecule has 0 bridgehead atoms. The Hall–Kier alpha value is -0.860. The minimum Gasteiger partial charge on any atom is -0.326 e. The number of rotatable bonds is 8. The smallest absolute Gasteiger partial charge is 0.0499 e. The molecule has 0 aliphatic carbocycles. The minimum atomic E-state index is 0.185. The summed E-state index contributed by atoms with van der Waals surface area (Å²) in [5.74, 6) is 1.31. The number of nitrogens with two attached hydrogens (primary N) is 1. The summed E-state index contributed by atoms with van der Waals surface area (Å²) < 4.78 is 0. The zero-order valence-electron chi connectivity index (χ0n) is 14.8. The molecule has 0 aliphatic heterocycles. The maximum atomic E-state index is 6.51. The Morgan fingerprint density at radius 3 is 2.05 bits per heavy atom. The highest BCUT2D eigenvalue weighted by Gasteiger charge is 2.26. The molecule has 0 heterocycles. The summed E-state index contributed by atoms with van der Waals surface area (Å²) in [7, 11) is 0. The second-order valence-electron chi connectivity index (χ2n) is 7.17. The van der Waals surface area contributed by atoms with E-state index in [0.717, 1.165) is 19.5 Å². The van der Waals surface area contributed by atoms with Crippen LogP contribution in [0.3, 0.4) is 0 Å². The van der Waals surface area contributed by atoms with Gasteiger partial charge in [0.25, 0.3) is 0 Å². The monoisotopic (exact) mass is 290 g/mol. The zero-order valence-corrected chi connectivity index (χ0v) is 14.8. The summed E-state index contributed by atoms with van der Waals surface area (Å²) in [6.45, 7) is 15.7. The Kier molecular flexibility index (Phi) is 7.41. The fourth-order valence-electron chi connectivity index (χ4n) is 3.05. The summed E-state index contributed by atoms with van der Waals surface area (Å²) in [5.41, 5.74) is 9.19. The molecule has 120 valence electrons.